The van der Waals surface area contributed by atoms with E-state index in [1.807, 2.05) is 32.0 Å². The lowest BCUT2D eigenvalue weighted by atomic mass is 10.0. The number of hydrogen-bond acceptors (Lipinski definition) is 5. The first-order valence-electron chi connectivity index (χ1n) is 10.7. The van der Waals surface area contributed by atoms with Gasteiger partial charge >= 0.3 is 5.97 Å². The van der Waals surface area contributed by atoms with Crippen LogP contribution < -0.4 is 9.64 Å². The van der Waals surface area contributed by atoms with E-state index in [1.54, 1.807) is 0 Å². The smallest absolute Gasteiger partial charge is 0.339 e. The fourth-order valence-corrected chi connectivity index (χ4v) is 4.12. The fraction of sp³-hybridized carbons (Fsp3) is 0.320. The predicted molar refractivity (Wildman–Crippen MR) is 125 cm³/mol. The van der Waals surface area contributed by atoms with Crippen molar-refractivity contribution in [2.24, 2.45) is 0 Å². The largest absolute Gasteiger partial charge is 0.494 e. The molecule has 2 aromatic carbocycles. The number of carboxylic acids is 1. The molecule has 0 saturated carbocycles. The molecule has 0 spiro atoms. The number of carbonyl (C=O) groups is 1. The summed E-state index contributed by atoms with van der Waals surface area (Å²) in [5.41, 5.74) is 5.22. The van der Waals surface area contributed by atoms with Gasteiger partial charge in [-0.2, -0.15) is 0 Å². The van der Waals surface area contributed by atoms with Crippen LogP contribution in [0.15, 0.2) is 42.6 Å². The van der Waals surface area contributed by atoms with Crippen molar-refractivity contribution in [3.05, 3.63) is 81.1 Å². The van der Waals surface area contributed by atoms with Crippen LogP contribution in [0.1, 0.15) is 44.7 Å². The zero-order valence-corrected chi connectivity index (χ0v) is 19.0. The molecule has 0 radical (unpaired) electrons. The molecule has 0 fully saturated rings. The van der Waals surface area contributed by atoms with Gasteiger partial charge in [0.1, 0.15) is 5.75 Å². The van der Waals surface area contributed by atoms with Crippen LogP contribution in [0.5, 0.6) is 5.75 Å². The fourth-order valence-electron chi connectivity index (χ4n) is 4.01. The van der Waals surface area contributed by atoms with E-state index in [2.05, 4.69) is 33.1 Å². The molecular weight excluding hydrogens is 426 g/mol. The van der Waals surface area contributed by atoms with Crippen molar-refractivity contribution in [2.45, 2.75) is 39.7 Å². The molecule has 1 aliphatic heterocycles. The number of benzene rings is 2. The van der Waals surface area contributed by atoms with E-state index in [1.165, 1.54) is 17.3 Å². The van der Waals surface area contributed by atoms with Gasteiger partial charge in [0.15, 0.2) is 0 Å². The highest BCUT2D eigenvalue weighted by atomic mass is 35.5. The minimum atomic E-state index is -1.01. The number of ether oxygens (including phenoxy) is 1. The highest BCUT2D eigenvalue weighted by molar-refractivity contribution is 6.32. The Balaban J connectivity index is 1.44. The lowest BCUT2D eigenvalue weighted by Gasteiger charge is -2.29. The molecule has 0 aliphatic carbocycles. The highest BCUT2D eigenvalue weighted by Gasteiger charge is 2.21. The molecule has 1 N–H and O–H groups in total. The zero-order chi connectivity index (χ0) is 22.7. The Kier molecular flexibility index (Phi) is 6.61. The summed E-state index contributed by atoms with van der Waals surface area (Å²) >= 11 is 6.22. The van der Waals surface area contributed by atoms with Gasteiger partial charge in [-0.1, -0.05) is 35.9 Å². The van der Waals surface area contributed by atoms with Gasteiger partial charge in [0.05, 0.1) is 17.9 Å². The van der Waals surface area contributed by atoms with Crippen molar-refractivity contribution < 1.29 is 14.6 Å². The van der Waals surface area contributed by atoms with Crippen LogP contribution in [0, 0.1) is 13.8 Å². The predicted octanol–water partition coefficient (Wildman–Crippen LogP) is 5.02. The standard InChI is InChI=1S/C25H26ClN3O3/c1-16-12-20(13-17(2)23(16)26)32-11-5-8-22-21(24(30)31)14-27-25(28-22)29-10-9-18-6-3-4-7-19(18)15-29/h3-4,6-7,12-14H,5,8-11,15H2,1-2H3,(H,30,31). The molecule has 6 nitrogen and oxygen atoms in total. The van der Waals surface area contributed by atoms with Gasteiger partial charge in [0.2, 0.25) is 5.95 Å². The zero-order valence-electron chi connectivity index (χ0n) is 18.3. The van der Waals surface area contributed by atoms with Crippen molar-refractivity contribution in [3.8, 4) is 5.75 Å². The van der Waals surface area contributed by atoms with Crippen molar-refractivity contribution in [1.29, 1.82) is 0 Å². The lowest BCUT2D eigenvalue weighted by Crippen LogP contribution is -2.32. The van der Waals surface area contributed by atoms with Crippen LogP contribution in [0.4, 0.5) is 5.95 Å². The van der Waals surface area contributed by atoms with Gasteiger partial charge in [0.25, 0.3) is 0 Å². The van der Waals surface area contributed by atoms with E-state index in [0.717, 1.165) is 41.4 Å². The number of aryl methyl sites for hydroxylation is 3. The van der Waals surface area contributed by atoms with Crippen LogP contribution in [0.25, 0.3) is 0 Å². The summed E-state index contributed by atoms with van der Waals surface area (Å²) in [4.78, 5) is 22.8. The Bertz CT molecular complexity index is 1130. The number of carboxylic acid groups (broad SMARTS) is 1. The van der Waals surface area contributed by atoms with Crippen molar-refractivity contribution in [2.75, 3.05) is 18.1 Å². The molecule has 1 aromatic heterocycles. The number of anilines is 1. The summed E-state index contributed by atoms with van der Waals surface area (Å²) in [6.07, 6.45) is 3.48. The second kappa shape index (κ2) is 9.57. The van der Waals surface area contributed by atoms with Gasteiger partial charge in [-0.25, -0.2) is 14.8 Å². The average Bonchev–Trinajstić information content (AvgIpc) is 2.79. The van der Waals surface area contributed by atoms with Gasteiger partial charge in [-0.3, -0.25) is 0 Å². The van der Waals surface area contributed by atoms with Gasteiger partial charge in [-0.05, 0) is 67.5 Å². The van der Waals surface area contributed by atoms with E-state index in [9.17, 15) is 9.90 Å². The molecule has 166 valence electrons. The number of halogens is 1. The molecular formula is C25H26ClN3O3. The molecule has 2 heterocycles. The molecule has 0 amide bonds. The van der Waals surface area contributed by atoms with Gasteiger partial charge in [-0.15, -0.1) is 0 Å². The number of nitrogens with zero attached hydrogens (tertiary/aromatic N) is 3. The first-order chi connectivity index (χ1) is 15.4. The quantitative estimate of drug-likeness (QED) is 0.508. The summed E-state index contributed by atoms with van der Waals surface area (Å²) in [6.45, 7) is 5.88. The summed E-state index contributed by atoms with van der Waals surface area (Å²) in [6, 6.07) is 12.2. The van der Waals surface area contributed by atoms with Crippen LogP contribution >= 0.6 is 11.6 Å². The molecule has 0 atom stereocenters. The highest BCUT2D eigenvalue weighted by Crippen LogP contribution is 2.26. The first-order valence-corrected chi connectivity index (χ1v) is 11.1. The van der Waals surface area contributed by atoms with Gasteiger partial charge < -0.3 is 14.7 Å². The minimum Gasteiger partial charge on any atom is -0.494 e. The normalized spacial score (nSPS) is 13.0. The number of hydrogen-bond donors (Lipinski definition) is 1. The number of rotatable bonds is 7. The summed E-state index contributed by atoms with van der Waals surface area (Å²) in [7, 11) is 0. The Morgan fingerprint density at radius 2 is 1.91 bits per heavy atom. The molecule has 0 saturated heterocycles. The monoisotopic (exact) mass is 451 g/mol. The SMILES string of the molecule is Cc1cc(OCCCc2nc(N3CCc4ccccc4C3)ncc2C(=O)O)cc(C)c1Cl. The topological polar surface area (TPSA) is 75.5 Å². The van der Waals surface area contributed by atoms with Crippen molar-refractivity contribution in [3.63, 3.8) is 0 Å². The van der Waals surface area contributed by atoms with E-state index in [0.29, 0.717) is 31.1 Å². The lowest BCUT2D eigenvalue weighted by molar-refractivity contribution is 0.0694. The Labute approximate surface area is 192 Å². The van der Waals surface area contributed by atoms with E-state index < -0.39 is 5.97 Å². The number of aromatic carboxylic acids is 1. The maximum Gasteiger partial charge on any atom is 0.339 e. The van der Waals surface area contributed by atoms with Gasteiger partial charge in [0, 0.05) is 24.3 Å². The van der Waals surface area contributed by atoms with Crippen molar-refractivity contribution in [1.82, 2.24) is 9.97 Å². The molecule has 3 aromatic rings. The average molecular weight is 452 g/mol. The molecule has 1 aliphatic rings. The van der Waals surface area contributed by atoms with Crippen LogP contribution in [0.3, 0.4) is 0 Å². The summed E-state index contributed by atoms with van der Waals surface area (Å²) in [5.74, 6) is 0.322. The Morgan fingerprint density at radius 1 is 1.19 bits per heavy atom. The molecule has 0 bridgehead atoms. The Morgan fingerprint density at radius 3 is 2.62 bits per heavy atom. The van der Waals surface area contributed by atoms with E-state index in [-0.39, 0.29) is 5.56 Å². The van der Waals surface area contributed by atoms with E-state index >= 15 is 0 Å². The van der Waals surface area contributed by atoms with Crippen LogP contribution in [-0.2, 0) is 19.4 Å². The first kappa shape index (κ1) is 22.1. The second-order valence-electron chi connectivity index (χ2n) is 8.10. The number of aromatic nitrogens is 2. The minimum absolute atomic E-state index is 0.143. The van der Waals surface area contributed by atoms with E-state index in [4.69, 9.17) is 16.3 Å². The maximum atomic E-state index is 11.7. The summed E-state index contributed by atoms with van der Waals surface area (Å²) < 4.78 is 5.87. The van der Waals surface area contributed by atoms with Crippen LogP contribution in [0.2, 0.25) is 5.02 Å². The molecule has 7 heteroatoms. The molecule has 4 rings (SSSR count). The third-order valence-corrected chi connectivity index (χ3v) is 6.33. The second-order valence-corrected chi connectivity index (χ2v) is 8.48. The third-order valence-electron chi connectivity index (χ3n) is 5.74. The Hall–Kier alpha value is -3.12. The number of fused-ring (bicyclic) bond motifs is 1. The van der Waals surface area contributed by atoms with Crippen LogP contribution in [-0.4, -0.2) is 34.2 Å². The van der Waals surface area contributed by atoms with Crippen molar-refractivity contribution >= 4 is 23.5 Å². The molecule has 32 heavy (non-hydrogen) atoms. The maximum absolute atomic E-state index is 11.7. The summed E-state index contributed by atoms with van der Waals surface area (Å²) in [5, 5.41) is 10.3. The molecule has 0 unspecified atom stereocenters. The third kappa shape index (κ3) is 4.86.